The largest absolute Gasteiger partial charge is 1.00 e. The fraction of sp³-hybridized carbons (Fsp3) is 0.200. The summed E-state index contributed by atoms with van der Waals surface area (Å²) in [5.74, 6) is 0. The van der Waals surface area contributed by atoms with Crippen molar-refractivity contribution in [3.8, 4) is 0 Å². The maximum Gasteiger partial charge on any atom is -1.00 e. The molecule has 2 rings (SSSR count). The van der Waals surface area contributed by atoms with Gasteiger partial charge in [0.25, 0.3) is 0 Å². The Hall–Kier alpha value is -0.367. The number of hydrogen-bond donors (Lipinski definition) is 0. The Morgan fingerprint density at radius 3 is 2.21 bits per heavy atom. The van der Waals surface area contributed by atoms with Gasteiger partial charge in [-0.15, -0.1) is 0 Å². The van der Waals surface area contributed by atoms with Gasteiger partial charge in [-0.25, -0.2) is 0 Å². The summed E-state index contributed by atoms with van der Waals surface area (Å²) in [6.07, 6.45) is 2.30. The Labute approximate surface area is 96.4 Å². The van der Waals surface area contributed by atoms with Crippen LogP contribution in [0.15, 0.2) is 29.8 Å². The molecule has 0 nitrogen and oxygen atoms in total. The van der Waals surface area contributed by atoms with Crippen LogP contribution in [0.4, 0.5) is 0 Å². The number of hydrogen-bond acceptors (Lipinski definition) is 0. The molecule has 0 N–H and O–H groups in total. The molecule has 0 saturated heterocycles. The van der Waals surface area contributed by atoms with Gasteiger partial charge in [-0.2, -0.15) is 0 Å². The van der Waals surface area contributed by atoms with Crippen LogP contribution in [-0.4, -0.2) is 0 Å². The monoisotopic (exact) mass is 276 g/mol. The predicted octanol–water partition coefficient (Wildman–Crippen LogP) is -6.30. The number of fused-ring (bicyclic) bond motifs is 1. The first-order chi connectivity index (χ1) is 5.29. The molecule has 0 bridgehead atoms. The molecule has 0 heterocycles. The second-order valence-corrected chi connectivity index (χ2v) is 4.37. The molecule has 0 spiro atoms. The van der Waals surface area contributed by atoms with Crippen LogP contribution >= 0.6 is 0 Å². The summed E-state index contributed by atoms with van der Waals surface area (Å²) >= 11 is 1.60. The quantitative estimate of drug-likeness (QED) is 0.443. The summed E-state index contributed by atoms with van der Waals surface area (Å²) in [5, 5.41) is 0. The maximum absolute atomic E-state index is 2.30. The fourth-order valence-corrected chi connectivity index (χ4v) is 2.33. The van der Waals surface area contributed by atoms with Gasteiger partial charge in [0.2, 0.25) is 0 Å². The van der Waals surface area contributed by atoms with E-state index in [1.807, 2.05) is 0 Å². The average Bonchev–Trinajstić information content (AvgIpc) is 2.30. The van der Waals surface area contributed by atoms with Crippen LogP contribution < -0.4 is 14.1 Å². The third-order valence-electron chi connectivity index (χ3n) is 2.15. The first kappa shape index (κ1) is 16.1. The minimum atomic E-state index is 0. The molecule has 1 atom stereocenters. The smallest absolute Gasteiger partial charge is 1.00 e. The summed E-state index contributed by atoms with van der Waals surface area (Å²) in [4.78, 5) is 0. The van der Waals surface area contributed by atoms with E-state index in [0.29, 0.717) is 0 Å². The van der Waals surface area contributed by atoms with E-state index >= 15 is 0 Å². The molecule has 0 saturated carbocycles. The van der Waals surface area contributed by atoms with Crippen LogP contribution in [0.1, 0.15) is 21.7 Å². The van der Waals surface area contributed by atoms with Crippen LogP contribution in [0, 0.1) is 0 Å². The molecule has 1 aromatic carbocycles. The van der Waals surface area contributed by atoms with Gasteiger partial charge in [0.1, 0.15) is 0 Å². The van der Waals surface area contributed by atoms with E-state index in [1.165, 1.54) is 16.7 Å². The molecular weight excluding hydrogens is 268 g/mol. The molecule has 74 valence electrons. The van der Waals surface area contributed by atoms with Gasteiger partial charge in [-0.3, -0.25) is 0 Å². The van der Waals surface area contributed by atoms with Crippen molar-refractivity contribution in [1.29, 1.82) is 0 Å². The minimum absolute atomic E-state index is 0. The zero-order valence-electron chi connectivity index (χ0n) is 7.60. The zero-order chi connectivity index (χ0) is 7.84. The van der Waals surface area contributed by atoms with Crippen molar-refractivity contribution in [2.45, 2.75) is 10.5 Å². The molecule has 1 unspecified atom stereocenters. The van der Waals surface area contributed by atoms with Crippen LogP contribution in [0.25, 0.3) is 6.08 Å². The van der Waals surface area contributed by atoms with Crippen molar-refractivity contribution in [3.05, 3.63) is 41.0 Å². The van der Waals surface area contributed by atoms with E-state index in [9.17, 15) is 0 Å². The zero-order valence-corrected chi connectivity index (χ0v) is 10.1. The van der Waals surface area contributed by atoms with Crippen LogP contribution in [0.5, 0.6) is 0 Å². The van der Waals surface area contributed by atoms with Gasteiger partial charge in [-0.1, -0.05) is 0 Å². The van der Waals surface area contributed by atoms with Gasteiger partial charge in [0, 0.05) is 0 Å². The third-order valence-corrected chi connectivity index (χ3v) is 4.03. The predicted molar refractivity (Wildman–Crippen MR) is 42.8 cm³/mol. The van der Waals surface area contributed by atoms with E-state index in [0.717, 1.165) is 3.63 Å². The van der Waals surface area contributed by atoms with Gasteiger partial charge >= 0.3 is 82.3 Å². The molecule has 0 aromatic heterocycles. The van der Waals surface area contributed by atoms with Crippen LogP contribution in [0.3, 0.4) is 0 Å². The van der Waals surface area contributed by atoms with Gasteiger partial charge in [0.15, 0.2) is 0 Å². The van der Waals surface area contributed by atoms with Gasteiger partial charge < -0.3 is 14.1 Å². The summed E-state index contributed by atoms with van der Waals surface area (Å²) in [5.41, 5.74) is 4.46. The molecule has 4 heteroatoms. The van der Waals surface area contributed by atoms with E-state index in [2.05, 4.69) is 37.3 Å². The normalized spacial score (nSPS) is 16.8. The van der Waals surface area contributed by atoms with Crippen LogP contribution in [-0.2, 0) is 24.7 Å². The summed E-state index contributed by atoms with van der Waals surface area (Å²) in [7, 11) is 0. The third kappa shape index (κ3) is 2.57. The maximum atomic E-state index is 2.30. The Balaban J connectivity index is 0. The molecular formula is C10H9F3Zr. The molecule has 0 fully saturated rings. The summed E-state index contributed by atoms with van der Waals surface area (Å²) in [6.45, 7) is 2.22. The molecule has 0 radical (unpaired) electrons. The molecule has 1 aliphatic rings. The minimum Gasteiger partial charge on any atom is -1.00 e. The SMILES string of the molecule is CC1=Cc2ccccc2[CH]1[Zr+3].[F-].[F-].[F-]. The van der Waals surface area contributed by atoms with Crippen molar-refractivity contribution < 1.29 is 38.8 Å². The first-order valence-electron chi connectivity index (χ1n) is 3.77. The standard InChI is InChI=1S/C10H9.3FH.Zr/c1-8-6-9-4-2-3-5-10(9)7-8;;;;/h2-7H,1H3;3*1H;/q;;;;+3/p-3. The second-order valence-electron chi connectivity index (χ2n) is 2.95. The second kappa shape index (κ2) is 6.18. The molecule has 0 amide bonds. The van der Waals surface area contributed by atoms with Crippen LogP contribution in [0.2, 0.25) is 0 Å². The van der Waals surface area contributed by atoms with Crippen molar-refractivity contribution in [1.82, 2.24) is 0 Å². The average molecular weight is 277 g/mol. The van der Waals surface area contributed by atoms with E-state index < -0.39 is 0 Å². The number of halogens is 3. The van der Waals surface area contributed by atoms with Crippen molar-refractivity contribution in [2.75, 3.05) is 0 Å². The van der Waals surface area contributed by atoms with Crippen molar-refractivity contribution >= 4 is 6.08 Å². The Kier molecular flexibility index (Phi) is 7.10. The fourth-order valence-electron chi connectivity index (χ4n) is 1.48. The topological polar surface area (TPSA) is 0 Å². The summed E-state index contributed by atoms with van der Waals surface area (Å²) in [6, 6.07) is 8.67. The number of rotatable bonds is 0. The van der Waals surface area contributed by atoms with E-state index in [4.69, 9.17) is 0 Å². The van der Waals surface area contributed by atoms with Crippen molar-refractivity contribution in [3.63, 3.8) is 0 Å². The number of benzene rings is 1. The first-order valence-corrected chi connectivity index (χ1v) is 5.19. The van der Waals surface area contributed by atoms with Crippen molar-refractivity contribution in [2.24, 2.45) is 0 Å². The molecule has 1 aromatic rings. The van der Waals surface area contributed by atoms with Gasteiger partial charge in [-0.05, 0) is 0 Å². The van der Waals surface area contributed by atoms with E-state index in [-0.39, 0.29) is 14.1 Å². The molecule has 14 heavy (non-hydrogen) atoms. The Bertz CT molecular complexity index is 323. The Morgan fingerprint density at radius 2 is 1.64 bits per heavy atom. The number of allylic oxidation sites excluding steroid dienone is 1. The van der Waals surface area contributed by atoms with E-state index in [1.54, 1.807) is 24.7 Å². The van der Waals surface area contributed by atoms with Gasteiger partial charge in [0.05, 0.1) is 0 Å². The molecule has 1 aliphatic carbocycles. The Morgan fingerprint density at radius 1 is 1.07 bits per heavy atom. The summed E-state index contributed by atoms with van der Waals surface area (Å²) < 4.78 is 0.721. The molecule has 0 aliphatic heterocycles.